The van der Waals surface area contributed by atoms with Crippen LogP contribution in [0, 0.1) is 6.92 Å². The number of aryl methyl sites for hydroxylation is 1. The Morgan fingerprint density at radius 1 is 1.38 bits per heavy atom. The smallest absolute Gasteiger partial charge is 0.253 e. The summed E-state index contributed by atoms with van der Waals surface area (Å²) in [5.74, 6) is 2.20. The molecule has 1 aromatic heterocycles. The van der Waals surface area contributed by atoms with Gasteiger partial charge in [0.15, 0.2) is 0 Å². The molecule has 0 saturated carbocycles. The summed E-state index contributed by atoms with van der Waals surface area (Å²) in [6.07, 6.45) is 5.88. The van der Waals surface area contributed by atoms with E-state index in [1.54, 1.807) is 0 Å². The van der Waals surface area contributed by atoms with E-state index >= 15 is 0 Å². The number of hydrogen-bond donors (Lipinski definition) is 1. The van der Waals surface area contributed by atoms with Crippen molar-refractivity contribution in [2.24, 2.45) is 0 Å². The summed E-state index contributed by atoms with van der Waals surface area (Å²) in [5.41, 5.74) is 2.76. The highest BCUT2D eigenvalue weighted by Crippen LogP contribution is 2.29. The monoisotopic (exact) mass is 323 g/mol. The molecule has 0 spiro atoms. The molecule has 2 aromatic rings. The number of carbonyl (C=O) groups excluding carboxylic acids is 1. The highest BCUT2D eigenvalue weighted by atomic mass is 16.5. The Morgan fingerprint density at radius 2 is 2.25 bits per heavy atom. The number of carbonyl (C=O) groups is 1. The molecule has 24 heavy (non-hydrogen) atoms. The lowest BCUT2D eigenvalue weighted by Crippen LogP contribution is -2.41. The van der Waals surface area contributed by atoms with Crippen molar-refractivity contribution in [3.8, 4) is 5.75 Å². The van der Waals surface area contributed by atoms with Gasteiger partial charge in [-0.3, -0.25) is 4.79 Å². The number of H-pyrrole nitrogens is 1. The van der Waals surface area contributed by atoms with Crippen LogP contribution in [0.1, 0.15) is 35.8 Å². The minimum absolute atomic E-state index is 0.0810. The molecule has 1 fully saturated rings. The second kappa shape index (κ2) is 6.15. The first-order valence-corrected chi connectivity index (χ1v) is 8.44. The van der Waals surface area contributed by atoms with Crippen LogP contribution in [-0.2, 0) is 4.79 Å². The molecule has 0 aliphatic carbocycles. The van der Waals surface area contributed by atoms with Gasteiger partial charge in [-0.25, -0.2) is 4.98 Å². The molecular formula is C19H21N3O2. The van der Waals surface area contributed by atoms with Crippen molar-refractivity contribution in [1.82, 2.24) is 14.9 Å². The van der Waals surface area contributed by atoms with Gasteiger partial charge in [-0.1, -0.05) is 18.2 Å². The number of amides is 1. The zero-order valence-corrected chi connectivity index (χ0v) is 13.8. The maximum Gasteiger partial charge on any atom is 0.253 e. The van der Waals surface area contributed by atoms with E-state index in [1.165, 1.54) is 0 Å². The van der Waals surface area contributed by atoms with Gasteiger partial charge in [0.05, 0.1) is 5.57 Å². The molecule has 2 aliphatic heterocycles. The minimum Gasteiger partial charge on any atom is -0.488 e. The van der Waals surface area contributed by atoms with Crippen molar-refractivity contribution in [2.75, 3.05) is 19.7 Å². The van der Waals surface area contributed by atoms with Crippen LogP contribution in [0.4, 0.5) is 0 Å². The standard InChI is InChI=1S/C19H21N3O2/c1-13-10-20-18(21-13)15-6-4-8-22(11-15)19(23)16-9-14-5-2-3-7-17(14)24-12-16/h2-3,5,7,9-10,15H,4,6,8,11-12H2,1H3,(H,20,21)/t15-/m1/s1. The minimum atomic E-state index is 0.0810. The average Bonchev–Trinajstić information content (AvgIpc) is 3.07. The number of ether oxygens (including phenoxy) is 1. The van der Waals surface area contributed by atoms with Gasteiger partial charge in [0.1, 0.15) is 18.2 Å². The Morgan fingerprint density at radius 3 is 3.08 bits per heavy atom. The third-order valence-electron chi connectivity index (χ3n) is 4.72. The lowest BCUT2D eigenvalue weighted by Gasteiger charge is -2.33. The number of imidazole rings is 1. The molecule has 0 unspecified atom stereocenters. The first kappa shape index (κ1) is 15.0. The van der Waals surface area contributed by atoms with Gasteiger partial charge in [-0.2, -0.15) is 0 Å². The fourth-order valence-corrected chi connectivity index (χ4v) is 3.47. The average molecular weight is 323 g/mol. The molecule has 1 amide bonds. The fraction of sp³-hybridized carbons (Fsp3) is 0.368. The summed E-state index contributed by atoms with van der Waals surface area (Å²) in [6, 6.07) is 7.82. The number of aromatic nitrogens is 2. The largest absolute Gasteiger partial charge is 0.488 e. The van der Waals surface area contributed by atoms with Crippen molar-refractivity contribution >= 4 is 12.0 Å². The molecule has 0 radical (unpaired) electrons. The summed E-state index contributed by atoms with van der Waals surface area (Å²) in [4.78, 5) is 22.6. The molecule has 124 valence electrons. The Labute approximate surface area is 141 Å². The van der Waals surface area contributed by atoms with Gasteiger partial charge < -0.3 is 14.6 Å². The second-order valence-electron chi connectivity index (χ2n) is 6.54. The number of hydrogen-bond acceptors (Lipinski definition) is 3. The van der Waals surface area contributed by atoms with E-state index in [2.05, 4.69) is 9.97 Å². The number of para-hydroxylation sites is 1. The van der Waals surface area contributed by atoms with Crippen molar-refractivity contribution < 1.29 is 9.53 Å². The quantitative estimate of drug-likeness (QED) is 0.924. The van der Waals surface area contributed by atoms with E-state index in [0.29, 0.717) is 13.2 Å². The van der Waals surface area contributed by atoms with Crippen LogP contribution in [0.3, 0.4) is 0 Å². The van der Waals surface area contributed by atoms with Gasteiger partial charge in [-0.05, 0) is 31.9 Å². The van der Waals surface area contributed by atoms with Crippen molar-refractivity contribution in [3.05, 3.63) is 53.1 Å². The lowest BCUT2D eigenvalue weighted by atomic mass is 9.96. The van der Waals surface area contributed by atoms with Crippen molar-refractivity contribution in [2.45, 2.75) is 25.7 Å². The number of likely N-dealkylation sites (tertiary alicyclic amines) is 1. The molecular weight excluding hydrogens is 302 g/mol. The first-order chi connectivity index (χ1) is 11.7. The van der Waals surface area contributed by atoms with Crippen LogP contribution in [0.2, 0.25) is 0 Å². The predicted molar refractivity (Wildman–Crippen MR) is 91.8 cm³/mol. The third-order valence-corrected chi connectivity index (χ3v) is 4.72. The Hall–Kier alpha value is -2.56. The van der Waals surface area contributed by atoms with Gasteiger partial charge >= 0.3 is 0 Å². The lowest BCUT2D eigenvalue weighted by molar-refractivity contribution is -0.128. The highest BCUT2D eigenvalue weighted by molar-refractivity contribution is 5.99. The third kappa shape index (κ3) is 2.82. The normalized spacial score (nSPS) is 20.1. The Bertz CT molecular complexity index is 793. The second-order valence-corrected chi connectivity index (χ2v) is 6.54. The van der Waals surface area contributed by atoms with Crippen LogP contribution in [0.25, 0.3) is 6.08 Å². The number of nitrogens with zero attached hydrogens (tertiary/aromatic N) is 2. The highest BCUT2D eigenvalue weighted by Gasteiger charge is 2.29. The zero-order valence-electron chi connectivity index (χ0n) is 13.8. The van der Waals surface area contributed by atoms with Crippen molar-refractivity contribution in [1.29, 1.82) is 0 Å². The summed E-state index contributed by atoms with van der Waals surface area (Å²) in [6.45, 7) is 3.86. The predicted octanol–water partition coefficient (Wildman–Crippen LogP) is 2.90. The van der Waals surface area contributed by atoms with Gasteiger partial charge in [0.25, 0.3) is 5.91 Å². The van der Waals surface area contributed by atoms with Gasteiger partial charge in [0.2, 0.25) is 0 Å². The molecule has 1 aromatic carbocycles. The van der Waals surface area contributed by atoms with Gasteiger partial charge in [-0.15, -0.1) is 0 Å². The zero-order chi connectivity index (χ0) is 16.5. The number of aromatic amines is 1. The molecule has 1 saturated heterocycles. The van der Waals surface area contributed by atoms with E-state index in [1.807, 2.05) is 48.4 Å². The fourth-order valence-electron chi connectivity index (χ4n) is 3.47. The number of benzene rings is 1. The number of piperidine rings is 1. The Balaban J connectivity index is 1.51. The Kier molecular flexibility index (Phi) is 3.84. The molecule has 3 heterocycles. The van der Waals surface area contributed by atoms with E-state index < -0.39 is 0 Å². The van der Waals surface area contributed by atoms with Crippen LogP contribution >= 0.6 is 0 Å². The molecule has 1 N–H and O–H groups in total. The number of fused-ring (bicyclic) bond motifs is 1. The van der Waals surface area contributed by atoms with E-state index in [-0.39, 0.29) is 11.8 Å². The number of nitrogens with one attached hydrogen (secondary N) is 1. The maximum atomic E-state index is 12.9. The van der Waals surface area contributed by atoms with E-state index in [9.17, 15) is 4.79 Å². The summed E-state index contributed by atoms with van der Waals surface area (Å²) < 4.78 is 5.73. The van der Waals surface area contributed by atoms with E-state index in [0.717, 1.165) is 47.8 Å². The summed E-state index contributed by atoms with van der Waals surface area (Å²) >= 11 is 0. The van der Waals surface area contributed by atoms with Gasteiger partial charge in [0, 0.05) is 36.5 Å². The van der Waals surface area contributed by atoms with Crippen LogP contribution < -0.4 is 4.74 Å². The van der Waals surface area contributed by atoms with E-state index in [4.69, 9.17) is 4.74 Å². The molecule has 5 heteroatoms. The number of rotatable bonds is 2. The molecule has 0 bridgehead atoms. The molecule has 5 nitrogen and oxygen atoms in total. The van der Waals surface area contributed by atoms with Crippen molar-refractivity contribution in [3.63, 3.8) is 0 Å². The SMILES string of the molecule is Cc1cnc([C@@H]2CCCN(C(=O)C3=Cc4ccccc4OC3)C2)[nH]1. The summed E-state index contributed by atoms with van der Waals surface area (Å²) in [5, 5.41) is 0. The first-order valence-electron chi connectivity index (χ1n) is 8.44. The topological polar surface area (TPSA) is 58.2 Å². The molecule has 1 atom stereocenters. The van der Waals surface area contributed by atoms with Crippen LogP contribution in [0.5, 0.6) is 5.75 Å². The molecule has 2 aliphatic rings. The van der Waals surface area contributed by atoms with Crippen LogP contribution in [0.15, 0.2) is 36.0 Å². The summed E-state index contributed by atoms with van der Waals surface area (Å²) in [7, 11) is 0. The van der Waals surface area contributed by atoms with Crippen LogP contribution in [-0.4, -0.2) is 40.5 Å². The molecule has 4 rings (SSSR count). The maximum absolute atomic E-state index is 12.9.